The summed E-state index contributed by atoms with van der Waals surface area (Å²) >= 11 is 0. The Labute approximate surface area is 196 Å². The molecule has 3 rings (SSSR count). The number of unbranched alkanes of at least 4 members (excludes halogenated alkanes) is 1. The standard InChI is InChI=1S/C27H34N2O4/c1-4-5-13-23-24(26(30)33-19(2)3)25(29-27(31)28-23)21-14-16-22(17-15-21)32-18-9-12-20-10-7-6-8-11-20/h6-8,10-11,14-17,19,25H,4-5,9,12-13,18H2,1-3H3,(H2,28,29,31). The topological polar surface area (TPSA) is 76.7 Å². The number of benzene rings is 2. The summed E-state index contributed by atoms with van der Waals surface area (Å²) < 4.78 is 11.4. The summed E-state index contributed by atoms with van der Waals surface area (Å²) in [6.07, 6.45) is 4.09. The third-order valence-electron chi connectivity index (χ3n) is 5.43. The molecule has 2 aromatic carbocycles. The molecule has 0 saturated carbocycles. The summed E-state index contributed by atoms with van der Waals surface area (Å²) in [7, 11) is 0. The molecule has 1 aliphatic heterocycles. The first-order chi connectivity index (χ1) is 16.0. The fourth-order valence-corrected chi connectivity index (χ4v) is 3.80. The van der Waals surface area contributed by atoms with Crippen LogP contribution in [-0.4, -0.2) is 24.7 Å². The first kappa shape index (κ1) is 24.4. The minimum Gasteiger partial charge on any atom is -0.494 e. The van der Waals surface area contributed by atoms with Gasteiger partial charge in [0.2, 0.25) is 0 Å². The van der Waals surface area contributed by atoms with E-state index in [0.717, 1.165) is 37.0 Å². The van der Waals surface area contributed by atoms with Crippen molar-refractivity contribution in [1.82, 2.24) is 10.6 Å². The normalized spacial score (nSPS) is 15.8. The van der Waals surface area contributed by atoms with E-state index in [2.05, 4.69) is 29.7 Å². The number of carbonyl (C=O) groups excluding carboxylic acids is 2. The Morgan fingerprint density at radius 1 is 1.00 bits per heavy atom. The van der Waals surface area contributed by atoms with Crippen molar-refractivity contribution >= 4 is 12.0 Å². The Hall–Kier alpha value is -3.28. The Bertz CT molecular complexity index is 952. The van der Waals surface area contributed by atoms with E-state index in [1.807, 2.05) is 56.3 Å². The molecule has 1 atom stereocenters. The molecule has 0 fully saturated rings. The van der Waals surface area contributed by atoms with Crippen LogP contribution in [0.15, 0.2) is 65.9 Å². The minimum absolute atomic E-state index is 0.248. The smallest absolute Gasteiger partial charge is 0.338 e. The van der Waals surface area contributed by atoms with Crippen LogP contribution in [0.25, 0.3) is 0 Å². The average Bonchev–Trinajstić information content (AvgIpc) is 2.80. The number of urea groups is 1. The third-order valence-corrected chi connectivity index (χ3v) is 5.43. The summed E-state index contributed by atoms with van der Waals surface area (Å²) in [6.45, 7) is 6.33. The number of hydrogen-bond acceptors (Lipinski definition) is 4. The van der Waals surface area contributed by atoms with E-state index in [9.17, 15) is 9.59 Å². The van der Waals surface area contributed by atoms with E-state index in [4.69, 9.17) is 9.47 Å². The highest BCUT2D eigenvalue weighted by molar-refractivity contribution is 5.95. The van der Waals surface area contributed by atoms with Crippen LogP contribution in [0.5, 0.6) is 5.75 Å². The summed E-state index contributed by atoms with van der Waals surface area (Å²) in [5.41, 5.74) is 3.21. The van der Waals surface area contributed by atoms with Crippen molar-refractivity contribution < 1.29 is 19.1 Å². The predicted molar refractivity (Wildman–Crippen MR) is 129 cm³/mol. The van der Waals surface area contributed by atoms with Gasteiger partial charge in [0.1, 0.15) is 5.75 Å². The summed E-state index contributed by atoms with van der Waals surface area (Å²) in [6, 6.07) is 17.0. The molecule has 6 nitrogen and oxygen atoms in total. The summed E-state index contributed by atoms with van der Waals surface area (Å²) in [5, 5.41) is 5.70. The molecule has 0 aromatic heterocycles. The zero-order valence-corrected chi connectivity index (χ0v) is 19.7. The van der Waals surface area contributed by atoms with Gasteiger partial charge in [0.25, 0.3) is 0 Å². The number of ether oxygens (including phenoxy) is 2. The fraction of sp³-hybridized carbons (Fsp3) is 0.407. The zero-order valence-electron chi connectivity index (χ0n) is 19.7. The summed E-state index contributed by atoms with van der Waals surface area (Å²) in [5.74, 6) is 0.350. The quantitative estimate of drug-likeness (QED) is 0.353. The molecule has 1 aliphatic rings. The van der Waals surface area contributed by atoms with E-state index >= 15 is 0 Å². The number of aryl methyl sites for hydroxylation is 1. The van der Waals surface area contributed by atoms with Crippen LogP contribution in [0.2, 0.25) is 0 Å². The molecule has 2 aromatic rings. The van der Waals surface area contributed by atoms with E-state index in [1.165, 1.54) is 5.56 Å². The monoisotopic (exact) mass is 450 g/mol. The second kappa shape index (κ2) is 12.1. The van der Waals surface area contributed by atoms with Gasteiger partial charge in [0, 0.05) is 5.70 Å². The van der Waals surface area contributed by atoms with Crippen LogP contribution in [0.3, 0.4) is 0 Å². The van der Waals surface area contributed by atoms with Gasteiger partial charge < -0.3 is 20.1 Å². The number of carbonyl (C=O) groups is 2. The van der Waals surface area contributed by atoms with Crippen molar-refractivity contribution in [3.05, 3.63) is 77.0 Å². The molecular weight excluding hydrogens is 416 g/mol. The van der Waals surface area contributed by atoms with Crippen LogP contribution in [0.4, 0.5) is 4.79 Å². The molecule has 33 heavy (non-hydrogen) atoms. The Kier molecular flexibility index (Phi) is 8.93. The average molecular weight is 451 g/mol. The van der Waals surface area contributed by atoms with Gasteiger partial charge in [-0.15, -0.1) is 0 Å². The van der Waals surface area contributed by atoms with E-state index in [-0.39, 0.29) is 12.1 Å². The summed E-state index contributed by atoms with van der Waals surface area (Å²) in [4.78, 5) is 25.3. The first-order valence-electron chi connectivity index (χ1n) is 11.8. The zero-order chi connectivity index (χ0) is 23.6. The lowest BCUT2D eigenvalue weighted by Gasteiger charge is -2.30. The second-order valence-electron chi connectivity index (χ2n) is 8.49. The van der Waals surface area contributed by atoms with Crippen LogP contribution < -0.4 is 15.4 Å². The van der Waals surface area contributed by atoms with Gasteiger partial charge in [-0.05, 0) is 62.8 Å². The number of allylic oxidation sites excluding steroid dienone is 1. The van der Waals surface area contributed by atoms with Crippen LogP contribution in [-0.2, 0) is 16.0 Å². The Morgan fingerprint density at radius 3 is 2.39 bits per heavy atom. The maximum absolute atomic E-state index is 12.9. The first-order valence-corrected chi connectivity index (χ1v) is 11.8. The van der Waals surface area contributed by atoms with Crippen molar-refractivity contribution in [2.24, 2.45) is 0 Å². The molecule has 176 valence electrons. The fourth-order valence-electron chi connectivity index (χ4n) is 3.80. The van der Waals surface area contributed by atoms with Gasteiger partial charge in [-0.1, -0.05) is 55.8 Å². The number of hydrogen-bond donors (Lipinski definition) is 2. The Balaban J connectivity index is 1.70. The van der Waals surface area contributed by atoms with E-state index in [1.54, 1.807) is 0 Å². The molecule has 6 heteroatoms. The number of nitrogens with one attached hydrogen (secondary N) is 2. The largest absolute Gasteiger partial charge is 0.494 e. The SMILES string of the molecule is CCCCC1=C(C(=O)OC(C)C)C(c2ccc(OCCCc3ccccc3)cc2)NC(=O)N1. The van der Waals surface area contributed by atoms with Crippen molar-refractivity contribution in [2.45, 2.75) is 65.0 Å². The molecule has 1 heterocycles. The number of amides is 2. The van der Waals surface area contributed by atoms with Gasteiger partial charge in [-0.3, -0.25) is 0 Å². The molecule has 0 aliphatic carbocycles. The van der Waals surface area contributed by atoms with Gasteiger partial charge in [-0.25, -0.2) is 9.59 Å². The third kappa shape index (κ3) is 7.11. The van der Waals surface area contributed by atoms with Crippen molar-refractivity contribution in [3.8, 4) is 5.75 Å². The highest BCUT2D eigenvalue weighted by Crippen LogP contribution is 2.31. The van der Waals surface area contributed by atoms with Crippen LogP contribution in [0, 0.1) is 0 Å². The predicted octanol–water partition coefficient (Wildman–Crippen LogP) is 5.45. The van der Waals surface area contributed by atoms with Crippen molar-refractivity contribution in [2.75, 3.05) is 6.61 Å². The molecule has 2 amide bonds. The Morgan fingerprint density at radius 2 is 1.73 bits per heavy atom. The van der Waals surface area contributed by atoms with E-state index in [0.29, 0.717) is 24.3 Å². The molecule has 0 spiro atoms. The van der Waals surface area contributed by atoms with Gasteiger partial charge in [0.05, 0.1) is 24.3 Å². The van der Waals surface area contributed by atoms with Gasteiger partial charge in [-0.2, -0.15) is 0 Å². The van der Waals surface area contributed by atoms with Crippen LogP contribution in [0.1, 0.15) is 63.6 Å². The molecule has 0 bridgehead atoms. The minimum atomic E-state index is -0.566. The molecular formula is C27H34N2O4. The lowest BCUT2D eigenvalue weighted by molar-refractivity contribution is -0.143. The van der Waals surface area contributed by atoms with Gasteiger partial charge in [0.15, 0.2) is 0 Å². The molecule has 0 saturated heterocycles. The lowest BCUT2D eigenvalue weighted by Crippen LogP contribution is -2.46. The highest BCUT2D eigenvalue weighted by atomic mass is 16.5. The van der Waals surface area contributed by atoms with E-state index < -0.39 is 12.0 Å². The maximum atomic E-state index is 12.9. The highest BCUT2D eigenvalue weighted by Gasteiger charge is 2.33. The van der Waals surface area contributed by atoms with Gasteiger partial charge >= 0.3 is 12.0 Å². The molecule has 0 radical (unpaired) electrons. The van der Waals surface area contributed by atoms with Crippen molar-refractivity contribution in [3.63, 3.8) is 0 Å². The lowest BCUT2D eigenvalue weighted by atomic mass is 9.93. The number of esters is 1. The molecule has 2 N–H and O–H groups in total. The molecule has 1 unspecified atom stereocenters. The number of rotatable bonds is 11. The van der Waals surface area contributed by atoms with Crippen molar-refractivity contribution in [1.29, 1.82) is 0 Å². The maximum Gasteiger partial charge on any atom is 0.338 e. The second-order valence-corrected chi connectivity index (χ2v) is 8.49. The van der Waals surface area contributed by atoms with Crippen LogP contribution >= 0.6 is 0 Å².